The van der Waals surface area contributed by atoms with Crippen LogP contribution in [0.1, 0.15) is 19.3 Å². The molecule has 8 heteroatoms. The highest BCUT2D eigenvalue weighted by Gasteiger charge is 2.56. The summed E-state index contributed by atoms with van der Waals surface area (Å²) in [6.45, 7) is 0.820. The third-order valence-corrected chi connectivity index (χ3v) is 5.02. The van der Waals surface area contributed by atoms with Gasteiger partial charge in [0.05, 0.1) is 17.8 Å². The number of ether oxygens (including phenoxy) is 1. The van der Waals surface area contributed by atoms with E-state index in [-0.39, 0.29) is 25.5 Å². The molecule has 3 heterocycles. The molecule has 2 amide bonds. The summed E-state index contributed by atoms with van der Waals surface area (Å²) < 4.78 is 45.7. The number of hydrogen-bond acceptors (Lipinski definition) is 3. The first-order chi connectivity index (χ1) is 11.4. The van der Waals surface area contributed by atoms with Gasteiger partial charge in [0.1, 0.15) is 0 Å². The summed E-state index contributed by atoms with van der Waals surface area (Å²) in [5.74, 6) is -1.38. The number of amides is 2. The van der Waals surface area contributed by atoms with Crippen molar-refractivity contribution in [3.63, 3.8) is 0 Å². The number of nitrogens with zero attached hydrogens (tertiary/aromatic N) is 2. The zero-order valence-corrected chi connectivity index (χ0v) is 13.2. The lowest BCUT2D eigenvalue weighted by Crippen LogP contribution is -2.57. The van der Waals surface area contributed by atoms with Crippen LogP contribution < -0.4 is 5.32 Å². The number of pyridine rings is 1. The van der Waals surface area contributed by atoms with Crippen molar-refractivity contribution in [1.82, 2.24) is 9.88 Å². The molecule has 1 aromatic rings. The van der Waals surface area contributed by atoms with E-state index in [4.69, 9.17) is 4.74 Å². The molecule has 1 spiro atoms. The molecule has 2 saturated heterocycles. The van der Waals surface area contributed by atoms with Gasteiger partial charge in [0, 0.05) is 37.9 Å². The third kappa shape index (κ3) is 3.48. The maximum Gasteiger partial charge on any atom is 0.392 e. The van der Waals surface area contributed by atoms with Crippen LogP contribution in [-0.4, -0.2) is 48.4 Å². The van der Waals surface area contributed by atoms with Crippen molar-refractivity contribution < 1.29 is 22.7 Å². The normalized spacial score (nSPS) is 24.0. The SMILES string of the molecule is O=C(Nc1cccnc1)N1CCC(C(F)(F)F)C2(CCOCC2)C1. The topological polar surface area (TPSA) is 54.5 Å². The van der Waals surface area contributed by atoms with Crippen LogP contribution in [0.25, 0.3) is 0 Å². The third-order valence-electron chi connectivity index (χ3n) is 5.02. The molecular formula is C16H20F3N3O2. The number of urea groups is 1. The highest BCUT2D eigenvalue weighted by molar-refractivity contribution is 5.89. The van der Waals surface area contributed by atoms with E-state index < -0.39 is 17.5 Å². The van der Waals surface area contributed by atoms with E-state index in [2.05, 4.69) is 10.3 Å². The number of aromatic nitrogens is 1. The number of piperidine rings is 1. The van der Waals surface area contributed by atoms with E-state index >= 15 is 0 Å². The molecule has 132 valence electrons. The molecule has 1 atom stereocenters. The van der Waals surface area contributed by atoms with Crippen LogP contribution in [0.2, 0.25) is 0 Å². The van der Waals surface area contributed by atoms with Crippen molar-refractivity contribution in [3.8, 4) is 0 Å². The lowest BCUT2D eigenvalue weighted by Gasteiger charge is -2.50. The number of rotatable bonds is 1. The van der Waals surface area contributed by atoms with E-state index in [1.165, 1.54) is 11.1 Å². The molecule has 0 radical (unpaired) electrons. The quantitative estimate of drug-likeness (QED) is 0.851. The zero-order chi connectivity index (χ0) is 17.2. The van der Waals surface area contributed by atoms with Crippen molar-refractivity contribution in [2.75, 3.05) is 31.6 Å². The van der Waals surface area contributed by atoms with Crippen molar-refractivity contribution in [1.29, 1.82) is 0 Å². The second kappa shape index (κ2) is 6.58. The number of carbonyl (C=O) groups excluding carboxylic acids is 1. The van der Waals surface area contributed by atoms with Gasteiger partial charge in [0.15, 0.2) is 0 Å². The number of halogens is 3. The van der Waals surface area contributed by atoms with Crippen molar-refractivity contribution in [2.24, 2.45) is 11.3 Å². The van der Waals surface area contributed by atoms with Gasteiger partial charge in [-0.2, -0.15) is 13.2 Å². The number of alkyl halides is 3. The maximum atomic E-state index is 13.5. The van der Waals surface area contributed by atoms with Crippen LogP contribution in [0.5, 0.6) is 0 Å². The average Bonchev–Trinajstić information content (AvgIpc) is 2.55. The lowest BCUT2D eigenvalue weighted by molar-refractivity contribution is -0.232. The van der Waals surface area contributed by atoms with E-state index in [0.29, 0.717) is 31.7 Å². The summed E-state index contributed by atoms with van der Waals surface area (Å²) in [4.78, 5) is 17.8. The Morgan fingerprint density at radius 1 is 1.38 bits per heavy atom. The summed E-state index contributed by atoms with van der Waals surface area (Å²) in [6.07, 6.45) is -0.568. The first-order valence-electron chi connectivity index (χ1n) is 8.01. The number of anilines is 1. The Morgan fingerprint density at radius 2 is 2.12 bits per heavy atom. The molecule has 1 N–H and O–H groups in total. The molecule has 2 aliphatic rings. The van der Waals surface area contributed by atoms with Gasteiger partial charge in [-0.05, 0) is 31.4 Å². The van der Waals surface area contributed by atoms with Gasteiger partial charge >= 0.3 is 12.2 Å². The fourth-order valence-electron chi connectivity index (χ4n) is 3.77. The summed E-state index contributed by atoms with van der Waals surface area (Å²) in [7, 11) is 0. The summed E-state index contributed by atoms with van der Waals surface area (Å²) in [5, 5.41) is 2.70. The molecule has 3 rings (SSSR count). The smallest absolute Gasteiger partial charge is 0.381 e. The van der Waals surface area contributed by atoms with Crippen molar-refractivity contribution in [2.45, 2.75) is 25.4 Å². The molecule has 5 nitrogen and oxygen atoms in total. The Bertz CT molecular complexity index is 574. The molecule has 0 aromatic carbocycles. The monoisotopic (exact) mass is 343 g/mol. The second-order valence-electron chi connectivity index (χ2n) is 6.45. The minimum atomic E-state index is -4.25. The van der Waals surface area contributed by atoms with Gasteiger partial charge < -0.3 is 15.0 Å². The molecular weight excluding hydrogens is 323 g/mol. The first kappa shape index (κ1) is 17.0. The Labute approximate surface area is 138 Å². The summed E-state index contributed by atoms with van der Waals surface area (Å²) in [6, 6.07) is 3.00. The summed E-state index contributed by atoms with van der Waals surface area (Å²) >= 11 is 0. The van der Waals surface area contributed by atoms with E-state index in [1.807, 2.05) is 0 Å². The van der Waals surface area contributed by atoms with Gasteiger partial charge in [0.2, 0.25) is 0 Å². The zero-order valence-electron chi connectivity index (χ0n) is 13.2. The average molecular weight is 343 g/mol. The Kier molecular flexibility index (Phi) is 4.67. The molecule has 2 aliphatic heterocycles. The minimum absolute atomic E-state index is 0.0655. The number of likely N-dealkylation sites (tertiary alicyclic amines) is 1. The van der Waals surface area contributed by atoms with Crippen molar-refractivity contribution in [3.05, 3.63) is 24.5 Å². The van der Waals surface area contributed by atoms with Gasteiger partial charge in [-0.15, -0.1) is 0 Å². The van der Waals surface area contributed by atoms with Crippen LogP contribution in [0.3, 0.4) is 0 Å². The molecule has 1 unspecified atom stereocenters. The van der Waals surface area contributed by atoms with E-state index in [0.717, 1.165) is 0 Å². The van der Waals surface area contributed by atoms with Crippen LogP contribution in [-0.2, 0) is 4.74 Å². The molecule has 0 aliphatic carbocycles. The van der Waals surface area contributed by atoms with E-state index in [1.54, 1.807) is 18.3 Å². The molecule has 24 heavy (non-hydrogen) atoms. The fourth-order valence-corrected chi connectivity index (χ4v) is 3.77. The van der Waals surface area contributed by atoms with Crippen LogP contribution in [0.4, 0.5) is 23.7 Å². The second-order valence-corrected chi connectivity index (χ2v) is 6.45. The number of carbonyl (C=O) groups is 1. The predicted molar refractivity (Wildman–Crippen MR) is 81.5 cm³/mol. The Morgan fingerprint density at radius 3 is 2.75 bits per heavy atom. The largest absolute Gasteiger partial charge is 0.392 e. The Hall–Kier alpha value is -1.83. The number of nitrogens with one attached hydrogen (secondary N) is 1. The van der Waals surface area contributed by atoms with Gasteiger partial charge in [-0.25, -0.2) is 4.79 Å². The summed E-state index contributed by atoms with van der Waals surface area (Å²) in [5.41, 5.74) is -0.414. The number of hydrogen-bond donors (Lipinski definition) is 1. The molecule has 0 saturated carbocycles. The fraction of sp³-hybridized carbons (Fsp3) is 0.625. The lowest BCUT2D eigenvalue weighted by atomic mass is 9.66. The van der Waals surface area contributed by atoms with Crippen LogP contribution in [0, 0.1) is 11.3 Å². The van der Waals surface area contributed by atoms with Gasteiger partial charge in [-0.3, -0.25) is 4.98 Å². The molecule has 2 fully saturated rings. The molecule has 0 bridgehead atoms. The van der Waals surface area contributed by atoms with Gasteiger partial charge in [0.25, 0.3) is 0 Å². The first-order valence-corrected chi connectivity index (χ1v) is 8.01. The van der Waals surface area contributed by atoms with Crippen LogP contribution >= 0.6 is 0 Å². The van der Waals surface area contributed by atoms with E-state index in [9.17, 15) is 18.0 Å². The van der Waals surface area contributed by atoms with Crippen molar-refractivity contribution >= 4 is 11.7 Å². The standard InChI is InChI=1S/C16H20F3N3O2/c17-16(18,19)13-3-7-22(11-15(13)4-8-24-9-5-15)14(23)21-12-2-1-6-20-10-12/h1-2,6,10,13H,3-5,7-9,11H2,(H,21,23). The highest BCUT2D eigenvalue weighted by Crippen LogP contribution is 2.50. The molecule has 1 aromatic heterocycles. The highest BCUT2D eigenvalue weighted by atomic mass is 19.4. The predicted octanol–water partition coefficient (Wildman–Crippen LogP) is 3.29. The maximum absolute atomic E-state index is 13.5. The van der Waals surface area contributed by atoms with Crippen LogP contribution in [0.15, 0.2) is 24.5 Å². The Balaban J connectivity index is 1.74. The minimum Gasteiger partial charge on any atom is -0.381 e. The van der Waals surface area contributed by atoms with Gasteiger partial charge in [-0.1, -0.05) is 0 Å².